The van der Waals surface area contributed by atoms with E-state index in [1.54, 1.807) is 0 Å². The van der Waals surface area contributed by atoms with Crippen LogP contribution in [0.15, 0.2) is 30.5 Å². The lowest BCUT2D eigenvalue weighted by atomic mass is 10.1. The van der Waals surface area contributed by atoms with E-state index in [-0.39, 0.29) is 6.04 Å². The molecule has 1 heterocycles. The number of H-pyrrole nitrogens is 1. The standard InChI is InChI=1S/C13H19N3/c1-2-3-11(14)9-16-12-4-5-13-10(8-12)6-7-15-13/h4-8,11,15-16H,2-3,9,14H2,1H3. The Morgan fingerprint density at radius 2 is 2.25 bits per heavy atom. The fourth-order valence-electron chi connectivity index (χ4n) is 1.89. The van der Waals surface area contributed by atoms with Crippen molar-refractivity contribution in [1.29, 1.82) is 0 Å². The Labute approximate surface area is 96.0 Å². The number of rotatable bonds is 5. The van der Waals surface area contributed by atoms with Crippen molar-refractivity contribution in [2.24, 2.45) is 5.73 Å². The number of aromatic nitrogens is 1. The van der Waals surface area contributed by atoms with Gasteiger partial charge in [0.25, 0.3) is 0 Å². The molecule has 0 saturated carbocycles. The van der Waals surface area contributed by atoms with Crippen molar-refractivity contribution in [3.63, 3.8) is 0 Å². The lowest BCUT2D eigenvalue weighted by Crippen LogP contribution is -2.28. The van der Waals surface area contributed by atoms with Gasteiger partial charge >= 0.3 is 0 Å². The zero-order valence-electron chi connectivity index (χ0n) is 9.66. The molecule has 86 valence electrons. The molecule has 1 aromatic heterocycles. The van der Waals surface area contributed by atoms with Crippen LogP contribution in [0.1, 0.15) is 19.8 Å². The fourth-order valence-corrected chi connectivity index (χ4v) is 1.89. The van der Waals surface area contributed by atoms with Gasteiger partial charge in [-0.15, -0.1) is 0 Å². The number of benzene rings is 1. The molecule has 2 aromatic rings. The minimum Gasteiger partial charge on any atom is -0.383 e. The maximum absolute atomic E-state index is 5.96. The normalized spacial score (nSPS) is 12.9. The van der Waals surface area contributed by atoms with E-state index >= 15 is 0 Å². The molecule has 0 spiro atoms. The Morgan fingerprint density at radius 1 is 1.38 bits per heavy atom. The van der Waals surface area contributed by atoms with Gasteiger partial charge in [0.05, 0.1) is 0 Å². The molecule has 2 rings (SSSR count). The van der Waals surface area contributed by atoms with Gasteiger partial charge in [-0.2, -0.15) is 0 Å². The molecule has 0 saturated heterocycles. The summed E-state index contributed by atoms with van der Waals surface area (Å²) in [4.78, 5) is 3.18. The molecule has 16 heavy (non-hydrogen) atoms. The van der Waals surface area contributed by atoms with Crippen LogP contribution in [-0.4, -0.2) is 17.6 Å². The van der Waals surface area contributed by atoms with Crippen LogP contribution in [0.25, 0.3) is 10.9 Å². The molecule has 3 heteroatoms. The van der Waals surface area contributed by atoms with Crippen molar-refractivity contribution >= 4 is 16.6 Å². The van der Waals surface area contributed by atoms with E-state index < -0.39 is 0 Å². The highest BCUT2D eigenvalue weighted by atomic mass is 14.9. The van der Waals surface area contributed by atoms with Gasteiger partial charge in [0.15, 0.2) is 0 Å². The molecule has 0 bridgehead atoms. The largest absolute Gasteiger partial charge is 0.383 e. The van der Waals surface area contributed by atoms with Crippen LogP contribution in [-0.2, 0) is 0 Å². The van der Waals surface area contributed by atoms with Gasteiger partial charge in [-0.1, -0.05) is 13.3 Å². The summed E-state index contributed by atoms with van der Waals surface area (Å²) in [6, 6.07) is 8.63. The number of hydrogen-bond donors (Lipinski definition) is 3. The number of fused-ring (bicyclic) bond motifs is 1. The summed E-state index contributed by atoms with van der Waals surface area (Å²) < 4.78 is 0. The second kappa shape index (κ2) is 5.03. The van der Waals surface area contributed by atoms with Crippen LogP contribution in [0.2, 0.25) is 0 Å². The van der Waals surface area contributed by atoms with E-state index in [0.717, 1.165) is 25.1 Å². The minimum absolute atomic E-state index is 0.243. The highest BCUT2D eigenvalue weighted by molar-refractivity contribution is 5.82. The number of nitrogens with one attached hydrogen (secondary N) is 2. The number of aromatic amines is 1. The fraction of sp³-hybridized carbons (Fsp3) is 0.385. The van der Waals surface area contributed by atoms with E-state index in [1.165, 1.54) is 10.9 Å². The third-order valence-electron chi connectivity index (χ3n) is 2.78. The van der Waals surface area contributed by atoms with E-state index in [4.69, 9.17) is 5.73 Å². The summed E-state index contributed by atoms with van der Waals surface area (Å²) in [7, 11) is 0. The Bertz CT molecular complexity index is 447. The Balaban J connectivity index is 1.98. The first-order chi connectivity index (χ1) is 7.79. The van der Waals surface area contributed by atoms with Crippen molar-refractivity contribution in [3.8, 4) is 0 Å². The Kier molecular flexibility index (Phi) is 3.47. The van der Waals surface area contributed by atoms with Crippen molar-refractivity contribution in [3.05, 3.63) is 30.5 Å². The molecule has 4 N–H and O–H groups in total. The summed E-state index contributed by atoms with van der Waals surface area (Å²) in [5, 5.41) is 4.60. The molecule has 0 aliphatic heterocycles. The van der Waals surface area contributed by atoms with Gasteiger partial charge in [-0.25, -0.2) is 0 Å². The van der Waals surface area contributed by atoms with Gasteiger partial charge < -0.3 is 16.0 Å². The highest BCUT2D eigenvalue weighted by Gasteiger charge is 2.01. The van der Waals surface area contributed by atoms with Gasteiger partial charge in [-0.3, -0.25) is 0 Å². The van der Waals surface area contributed by atoms with Crippen molar-refractivity contribution in [2.75, 3.05) is 11.9 Å². The minimum atomic E-state index is 0.243. The zero-order chi connectivity index (χ0) is 11.4. The Morgan fingerprint density at radius 3 is 3.06 bits per heavy atom. The highest BCUT2D eigenvalue weighted by Crippen LogP contribution is 2.17. The lowest BCUT2D eigenvalue weighted by molar-refractivity contribution is 0.627. The molecule has 0 radical (unpaired) electrons. The van der Waals surface area contributed by atoms with Gasteiger partial charge in [0.2, 0.25) is 0 Å². The molecule has 0 aliphatic carbocycles. The SMILES string of the molecule is CCCC(N)CNc1ccc2[nH]ccc2c1. The molecule has 0 aliphatic rings. The van der Waals surface area contributed by atoms with Crippen LogP contribution >= 0.6 is 0 Å². The lowest BCUT2D eigenvalue weighted by Gasteiger charge is -2.12. The quantitative estimate of drug-likeness (QED) is 0.721. The van der Waals surface area contributed by atoms with Crippen LogP contribution in [0.4, 0.5) is 5.69 Å². The predicted octanol–water partition coefficient (Wildman–Crippen LogP) is 2.71. The molecule has 1 atom stereocenters. The molecule has 3 nitrogen and oxygen atoms in total. The average molecular weight is 217 g/mol. The number of hydrogen-bond acceptors (Lipinski definition) is 2. The maximum Gasteiger partial charge on any atom is 0.0455 e. The van der Waals surface area contributed by atoms with Crippen molar-refractivity contribution in [2.45, 2.75) is 25.8 Å². The third-order valence-corrected chi connectivity index (χ3v) is 2.78. The number of nitrogens with two attached hydrogens (primary N) is 1. The molecule has 1 aromatic carbocycles. The molecule has 0 amide bonds. The summed E-state index contributed by atoms with van der Waals surface area (Å²) in [6.45, 7) is 3.00. The van der Waals surface area contributed by atoms with Crippen LogP contribution in [0.5, 0.6) is 0 Å². The van der Waals surface area contributed by atoms with Gasteiger partial charge in [0, 0.05) is 35.4 Å². The number of anilines is 1. The van der Waals surface area contributed by atoms with Crippen LogP contribution in [0.3, 0.4) is 0 Å². The van der Waals surface area contributed by atoms with Gasteiger partial charge in [-0.05, 0) is 30.7 Å². The summed E-state index contributed by atoms with van der Waals surface area (Å²) >= 11 is 0. The smallest absolute Gasteiger partial charge is 0.0455 e. The first-order valence-corrected chi connectivity index (χ1v) is 5.86. The average Bonchev–Trinajstić information content (AvgIpc) is 2.74. The second-order valence-corrected chi connectivity index (χ2v) is 4.21. The van der Waals surface area contributed by atoms with Crippen LogP contribution in [0, 0.1) is 0 Å². The topological polar surface area (TPSA) is 53.8 Å². The van der Waals surface area contributed by atoms with Crippen molar-refractivity contribution in [1.82, 2.24) is 4.98 Å². The maximum atomic E-state index is 5.96. The summed E-state index contributed by atoms with van der Waals surface area (Å²) in [5.74, 6) is 0. The van der Waals surface area contributed by atoms with Crippen LogP contribution < -0.4 is 11.1 Å². The summed E-state index contributed by atoms with van der Waals surface area (Å²) in [5.41, 5.74) is 8.26. The molecule has 1 unspecified atom stereocenters. The van der Waals surface area contributed by atoms with Gasteiger partial charge in [0.1, 0.15) is 0 Å². The summed E-state index contributed by atoms with van der Waals surface area (Å²) in [6.07, 6.45) is 4.16. The first kappa shape index (κ1) is 11.0. The van der Waals surface area contributed by atoms with Crippen molar-refractivity contribution < 1.29 is 0 Å². The zero-order valence-corrected chi connectivity index (χ0v) is 9.66. The van der Waals surface area contributed by atoms with E-state index in [0.29, 0.717) is 0 Å². The molecule has 0 fully saturated rings. The monoisotopic (exact) mass is 217 g/mol. The predicted molar refractivity (Wildman–Crippen MR) is 69.7 cm³/mol. The second-order valence-electron chi connectivity index (χ2n) is 4.21. The van der Waals surface area contributed by atoms with E-state index in [9.17, 15) is 0 Å². The van der Waals surface area contributed by atoms with E-state index in [2.05, 4.69) is 41.5 Å². The molecular formula is C13H19N3. The first-order valence-electron chi connectivity index (χ1n) is 5.86. The Hall–Kier alpha value is -1.48. The van der Waals surface area contributed by atoms with E-state index in [1.807, 2.05) is 6.20 Å². The molecular weight excluding hydrogens is 198 g/mol. The third kappa shape index (κ3) is 2.55.